The molecule has 0 aliphatic carbocycles. The molecule has 30 heavy (non-hydrogen) atoms. The second-order valence-electron chi connectivity index (χ2n) is 7.15. The summed E-state index contributed by atoms with van der Waals surface area (Å²) in [6.07, 6.45) is 2.17. The molecule has 1 heterocycles. The van der Waals surface area contributed by atoms with E-state index in [4.69, 9.17) is 14.2 Å². The Morgan fingerprint density at radius 1 is 1.17 bits per heavy atom. The van der Waals surface area contributed by atoms with Gasteiger partial charge in [0.15, 0.2) is 17.6 Å². The first-order valence-corrected chi connectivity index (χ1v) is 11.2. The van der Waals surface area contributed by atoms with E-state index < -0.39 is 12.0 Å². The molecule has 0 saturated carbocycles. The van der Waals surface area contributed by atoms with Gasteiger partial charge in [0.25, 0.3) is 5.91 Å². The molecule has 2 aromatic rings. The Kier molecular flexibility index (Phi) is 8.28. The van der Waals surface area contributed by atoms with E-state index in [1.807, 2.05) is 49.0 Å². The summed E-state index contributed by atoms with van der Waals surface area (Å²) >= 11 is 1.85. The smallest absolute Gasteiger partial charge is 0.252 e. The lowest BCUT2D eigenvalue weighted by Crippen LogP contribution is -2.40. The zero-order chi connectivity index (χ0) is 21.3. The van der Waals surface area contributed by atoms with Gasteiger partial charge in [-0.15, -0.1) is 11.8 Å². The number of para-hydroxylation sites is 1. The van der Waals surface area contributed by atoms with E-state index in [9.17, 15) is 9.90 Å². The van der Waals surface area contributed by atoms with Crippen LogP contribution in [0.5, 0.6) is 17.2 Å². The molecule has 0 bridgehead atoms. The standard InChI is InChI=1S/C23H29NO5S/c1-16-7-3-4-9-19(16)29-15-18(25)23(26)24-10-11-28-21-13-17-8-5-6-12-30-22(17)14-20(21)27-2/h3-4,7,9,13-14,18,25H,5-6,8,10-12,15H2,1-2H3,(H,24,26). The quantitative estimate of drug-likeness (QED) is 0.593. The van der Waals surface area contributed by atoms with Crippen LogP contribution in [0.3, 0.4) is 0 Å². The van der Waals surface area contributed by atoms with Crippen LogP contribution in [0.15, 0.2) is 41.3 Å². The highest BCUT2D eigenvalue weighted by molar-refractivity contribution is 7.99. The number of thioether (sulfide) groups is 1. The van der Waals surface area contributed by atoms with Crippen molar-refractivity contribution in [1.29, 1.82) is 0 Å². The normalized spacial score (nSPS) is 14.2. The fraction of sp³-hybridized carbons (Fsp3) is 0.435. The highest BCUT2D eigenvalue weighted by atomic mass is 32.2. The number of hydrogen-bond donors (Lipinski definition) is 2. The Labute approximate surface area is 181 Å². The number of benzene rings is 2. The minimum absolute atomic E-state index is 0.103. The van der Waals surface area contributed by atoms with E-state index in [2.05, 4.69) is 5.32 Å². The summed E-state index contributed by atoms with van der Waals surface area (Å²) in [6, 6.07) is 11.5. The molecule has 2 N–H and O–H groups in total. The van der Waals surface area contributed by atoms with Crippen molar-refractivity contribution in [3.8, 4) is 17.2 Å². The SMILES string of the molecule is COc1cc2c(cc1OCCNC(=O)C(O)COc1ccccc1C)CCCCS2. The zero-order valence-corrected chi connectivity index (χ0v) is 18.3. The fourth-order valence-electron chi connectivity index (χ4n) is 3.20. The monoisotopic (exact) mass is 431 g/mol. The molecule has 0 aromatic heterocycles. The van der Waals surface area contributed by atoms with Crippen LogP contribution < -0.4 is 19.5 Å². The summed E-state index contributed by atoms with van der Waals surface area (Å²) < 4.78 is 16.8. The van der Waals surface area contributed by atoms with Crippen molar-refractivity contribution in [2.75, 3.05) is 32.6 Å². The van der Waals surface area contributed by atoms with Gasteiger partial charge >= 0.3 is 0 Å². The van der Waals surface area contributed by atoms with Crippen molar-refractivity contribution in [2.24, 2.45) is 0 Å². The van der Waals surface area contributed by atoms with E-state index in [0.29, 0.717) is 17.2 Å². The van der Waals surface area contributed by atoms with Crippen molar-refractivity contribution in [1.82, 2.24) is 5.32 Å². The Bertz CT molecular complexity index is 857. The molecule has 1 unspecified atom stereocenters. The summed E-state index contributed by atoms with van der Waals surface area (Å²) in [7, 11) is 1.63. The first-order chi connectivity index (χ1) is 14.6. The summed E-state index contributed by atoms with van der Waals surface area (Å²) in [4.78, 5) is 13.3. The van der Waals surface area contributed by atoms with Gasteiger partial charge < -0.3 is 24.6 Å². The van der Waals surface area contributed by atoms with Gasteiger partial charge in [-0.2, -0.15) is 0 Å². The topological polar surface area (TPSA) is 77.0 Å². The Balaban J connectivity index is 1.45. The van der Waals surface area contributed by atoms with Crippen molar-refractivity contribution < 1.29 is 24.1 Å². The first kappa shape index (κ1) is 22.3. The van der Waals surface area contributed by atoms with Crippen molar-refractivity contribution in [3.63, 3.8) is 0 Å². The van der Waals surface area contributed by atoms with Crippen molar-refractivity contribution >= 4 is 17.7 Å². The second kappa shape index (κ2) is 11.1. The van der Waals surface area contributed by atoms with Crippen LogP contribution in [-0.2, 0) is 11.2 Å². The third-order valence-corrected chi connectivity index (χ3v) is 6.08. The number of aliphatic hydroxyl groups excluding tert-OH is 1. The molecule has 0 fully saturated rings. The Morgan fingerprint density at radius 2 is 2.00 bits per heavy atom. The summed E-state index contributed by atoms with van der Waals surface area (Å²) in [5.74, 6) is 2.66. The van der Waals surface area contributed by atoms with E-state index in [0.717, 1.165) is 17.7 Å². The average molecular weight is 432 g/mol. The molecule has 2 aromatic carbocycles. The minimum atomic E-state index is -1.25. The highest BCUT2D eigenvalue weighted by Gasteiger charge is 2.17. The molecular formula is C23H29NO5S. The van der Waals surface area contributed by atoms with Crippen LogP contribution in [-0.4, -0.2) is 49.7 Å². The lowest BCUT2D eigenvalue weighted by atomic mass is 10.1. The number of aryl methyl sites for hydroxylation is 2. The predicted octanol–water partition coefficient (Wildman–Crippen LogP) is 3.37. The molecule has 6 nitrogen and oxygen atoms in total. The summed E-state index contributed by atoms with van der Waals surface area (Å²) in [5, 5.41) is 12.7. The van der Waals surface area contributed by atoms with E-state index in [1.54, 1.807) is 13.2 Å². The van der Waals surface area contributed by atoms with Crippen molar-refractivity contribution in [2.45, 2.75) is 37.2 Å². The lowest BCUT2D eigenvalue weighted by molar-refractivity contribution is -0.130. The van der Waals surface area contributed by atoms with Crippen LogP contribution in [0.25, 0.3) is 0 Å². The van der Waals surface area contributed by atoms with Crippen LogP contribution in [0.1, 0.15) is 24.0 Å². The Hall–Kier alpha value is -2.38. The molecule has 3 rings (SSSR count). The van der Waals surface area contributed by atoms with Gasteiger partial charge in [0.2, 0.25) is 0 Å². The number of hydrogen-bond acceptors (Lipinski definition) is 6. The van der Waals surface area contributed by atoms with Crippen LogP contribution in [0, 0.1) is 6.92 Å². The van der Waals surface area contributed by atoms with Crippen LogP contribution >= 0.6 is 11.8 Å². The second-order valence-corrected chi connectivity index (χ2v) is 8.28. The van der Waals surface area contributed by atoms with Gasteiger partial charge in [-0.1, -0.05) is 18.2 Å². The predicted molar refractivity (Wildman–Crippen MR) is 118 cm³/mol. The number of amides is 1. The molecule has 1 amide bonds. The number of fused-ring (bicyclic) bond motifs is 1. The maximum absolute atomic E-state index is 12.1. The maximum atomic E-state index is 12.1. The van der Waals surface area contributed by atoms with Gasteiger partial charge in [-0.05, 0) is 61.3 Å². The van der Waals surface area contributed by atoms with E-state index in [-0.39, 0.29) is 19.8 Å². The van der Waals surface area contributed by atoms with Gasteiger partial charge in [0.05, 0.1) is 13.7 Å². The third kappa shape index (κ3) is 6.06. The summed E-state index contributed by atoms with van der Waals surface area (Å²) in [5.41, 5.74) is 2.23. The Morgan fingerprint density at radius 3 is 2.80 bits per heavy atom. The average Bonchev–Trinajstić information content (AvgIpc) is 2.99. The zero-order valence-electron chi connectivity index (χ0n) is 17.5. The molecular weight excluding hydrogens is 402 g/mol. The molecule has 0 radical (unpaired) electrons. The molecule has 1 atom stereocenters. The van der Waals surface area contributed by atoms with Crippen LogP contribution in [0.4, 0.5) is 0 Å². The molecule has 7 heteroatoms. The largest absolute Gasteiger partial charge is 0.493 e. The minimum Gasteiger partial charge on any atom is -0.493 e. The first-order valence-electron chi connectivity index (χ1n) is 10.2. The number of carbonyl (C=O) groups is 1. The van der Waals surface area contributed by atoms with Gasteiger partial charge in [0, 0.05) is 4.90 Å². The fourth-order valence-corrected chi connectivity index (χ4v) is 4.31. The van der Waals surface area contributed by atoms with Gasteiger partial charge in [0.1, 0.15) is 19.0 Å². The molecule has 0 saturated heterocycles. The molecule has 162 valence electrons. The number of nitrogens with one attached hydrogen (secondary N) is 1. The van der Waals surface area contributed by atoms with Gasteiger partial charge in [-0.25, -0.2) is 0 Å². The van der Waals surface area contributed by atoms with E-state index in [1.165, 1.54) is 23.3 Å². The van der Waals surface area contributed by atoms with Gasteiger partial charge in [-0.3, -0.25) is 4.79 Å². The summed E-state index contributed by atoms with van der Waals surface area (Å²) in [6.45, 7) is 2.36. The van der Waals surface area contributed by atoms with Crippen molar-refractivity contribution in [3.05, 3.63) is 47.5 Å². The van der Waals surface area contributed by atoms with E-state index >= 15 is 0 Å². The lowest BCUT2D eigenvalue weighted by Gasteiger charge is -2.16. The molecule has 1 aliphatic rings. The number of carbonyl (C=O) groups excluding carboxylic acids is 1. The van der Waals surface area contributed by atoms with Crippen LogP contribution in [0.2, 0.25) is 0 Å². The number of aliphatic hydroxyl groups is 1. The maximum Gasteiger partial charge on any atom is 0.252 e. The number of methoxy groups -OCH3 is 1. The molecule has 1 aliphatic heterocycles. The number of ether oxygens (including phenoxy) is 3. The number of rotatable bonds is 9. The molecule has 0 spiro atoms. The highest BCUT2D eigenvalue weighted by Crippen LogP contribution is 2.38. The third-order valence-electron chi connectivity index (χ3n) is 4.90.